The molecule has 0 bridgehead atoms. The molecule has 0 N–H and O–H groups in total. The van der Waals surface area contributed by atoms with E-state index in [1.165, 1.54) is 11.3 Å². The molecule has 0 saturated heterocycles. The van der Waals surface area contributed by atoms with Gasteiger partial charge in [-0.25, -0.2) is 0 Å². The zero-order valence-corrected chi connectivity index (χ0v) is 7.00. The maximum atomic E-state index is 8.48. The van der Waals surface area contributed by atoms with E-state index in [9.17, 15) is 0 Å². The Labute approximate surface area is 66.1 Å². The van der Waals surface area contributed by atoms with Gasteiger partial charge in [0.1, 0.15) is 10.9 Å². The summed E-state index contributed by atoms with van der Waals surface area (Å²) in [4.78, 5) is 0.812. The van der Waals surface area contributed by atoms with Crippen molar-refractivity contribution in [3.05, 3.63) is 21.9 Å². The first-order valence-electron chi connectivity index (χ1n) is 2.41. The van der Waals surface area contributed by atoms with E-state index in [1.54, 1.807) is 0 Å². The van der Waals surface area contributed by atoms with Crippen LogP contribution in [0.5, 0.6) is 0 Å². The lowest BCUT2D eigenvalue weighted by Gasteiger charge is -1.84. The molecule has 46 valence electrons. The maximum Gasteiger partial charge on any atom is 0.110 e. The van der Waals surface area contributed by atoms with Crippen molar-refractivity contribution in [1.82, 2.24) is 0 Å². The molecule has 0 aliphatic rings. The monoisotopic (exact) mass is 201 g/mol. The molecule has 0 radical (unpaired) electrons. The van der Waals surface area contributed by atoms with Crippen LogP contribution in [0, 0.1) is 11.3 Å². The lowest BCUT2D eigenvalue weighted by atomic mass is 10.3. The van der Waals surface area contributed by atoms with E-state index in [0.29, 0.717) is 0 Å². The van der Waals surface area contributed by atoms with E-state index in [-0.39, 0.29) is 0 Å². The van der Waals surface area contributed by atoms with E-state index in [1.807, 2.05) is 11.4 Å². The van der Waals surface area contributed by atoms with Gasteiger partial charge in [0.15, 0.2) is 0 Å². The van der Waals surface area contributed by atoms with Crippen molar-refractivity contribution in [2.45, 2.75) is 5.33 Å². The third-order valence-corrected chi connectivity index (χ3v) is 2.46. The molecule has 1 aromatic rings. The van der Waals surface area contributed by atoms with Gasteiger partial charge in [-0.05, 0) is 17.0 Å². The van der Waals surface area contributed by atoms with Crippen LogP contribution in [-0.2, 0) is 5.33 Å². The zero-order valence-electron chi connectivity index (χ0n) is 4.60. The summed E-state index contributed by atoms with van der Waals surface area (Å²) in [5, 5.41) is 11.2. The van der Waals surface area contributed by atoms with Crippen LogP contribution in [0.25, 0.3) is 0 Å². The van der Waals surface area contributed by atoms with Crippen molar-refractivity contribution in [3.8, 4) is 6.07 Å². The predicted octanol–water partition coefficient (Wildman–Crippen LogP) is 2.51. The van der Waals surface area contributed by atoms with Gasteiger partial charge < -0.3 is 0 Å². The molecule has 0 fully saturated rings. The molecule has 0 atom stereocenters. The highest BCUT2D eigenvalue weighted by Crippen LogP contribution is 2.17. The minimum Gasteiger partial charge on any atom is -0.192 e. The standard InChI is InChI=1S/C6H4BrNS/c7-3-5-1-2-9-6(5)4-8/h1-2H,3H2. The van der Waals surface area contributed by atoms with E-state index in [2.05, 4.69) is 22.0 Å². The molecule has 1 aromatic heterocycles. The average molecular weight is 202 g/mol. The summed E-state index contributed by atoms with van der Waals surface area (Å²) in [6.45, 7) is 0. The first-order valence-corrected chi connectivity index (χ1v) is 4.41. The topological polar surface area (TPSA) is 23.8 Å². The molecule has 0 unspecified atom stereocenters. The Kier molecular flexibility index (Phi) is 2.26. The Balaban J connectivity index is 3.02. The molecule has 0 amide bonds. The van der Waals surface area contributed by atoms with Gasteiger partial charge in [0.2, 0.25) is 0 Å². The second-order valence-corrected chi connectivity index (χ2v) is 3.00. The van der Waals surface area contributed by atoms with Crippen molar-refractivity contribution >= 4 is 27.3 Å². The molecule has 0 spiro atoms. The molecule has 9 heavy (non-hydrogen) atoms. The summed E-state index contributed by atoms with van der Waals surface area (Å²) in [6.07, 6.45) is 0. The first-order chi connectivity index (χ1) is 4.38. The maximum absolute atomic E-state index is 8.48. The fraction of sp³-hybridized carbons (Fsp3) is 0.167. The van der Waals surface area contributed by atoms with Crippen LogP contribution in [-0.4, -0.2) is 0 Å². The summed E-state index contributed by atoms with van der Waals surface area (Å²) in [7, 11) is 0. The highest BCUT2D eigenvalue weighted by Gasteiger charge is 1.98. The fourth-order valence-electron chi connectivity index (χ4n) is 0.539. The summed E-state index contributed by atoms with van der Waals surface area (Å²) in [5.74, 6) is 0. The SMILES string of the molecule is N#Cc1sccc1CBr. The van der Waals surface area contributed by atoms with Gasteiger partial charge in [-0.2, -0.15) is 5.26 Å². The minimum absolute atomic E-state index is 0.777. The van der Waals surface area contributed by atoms with E-state index in [4.69, 9.17) is 5.26 Å². The molecule has 3 heteroatoms. The molecule has 0 aromatic carbocycles. The Hall–Kier alpha value is -0.330. The zero-order chi connectivity index (χ0) is 6.69. The van der Waals surface area contributed by atoms with Crippen molar-refractivity contribution in [3.63, 3.8) is 0 Å². The smallest absolute Gasteiger partial charge is 0.110 e. The second kappa shape index (κ2) is 3.00. The van der Waals surface area contributed by atoms with Gasteiger partial charge in [-0.3, -0.25) is 0 Å². The largest absolute Gasteiger partial charge is 0.192 e. The fourth-order valence-corrected chi connectivity index (χ4v) is 1.90. The molecule has 0 aliphatic heterocycles. The van der Waals surface area contributed by atoms with Crippen LogP contribution in [0.15, 0.2) is 11.4 Å². The third-order valence-electron chi connectivity index (χ3n) is 0.992. The Morgan fingerprint density at radius 1 is 1.78 bits per heavy atom. The lowest BCUT2D eigenvalue weighted by molar-refractivity contribution is 1.44. The highest BCUT2D eigenvalue weighted by atomic mass is 79.9. The average Bonchev–Trinajstić information content (AvgIpc) is 2.33. The van der Waals surface area contributed by atoms with Crippen molar-refractivity contribution < 1.29 is 0 Å². The van der Waals surface area contributed by atoms with E-state index < -0.39 is 0 Å². The molecule has 1 rings (SSSR count). The lowest BCUT2D eigenvalue weighted by Crippen LogP contribution is -1.72. The molecule has 0 aliphatic carbocycles. The van der Waals surface area contributed by atoms with Crippen LogP contribution < -0.4 is 0 Å². The summed E-state index contributed by atoms with van der Waals surface area (Å²) >= 11 is 4.77. The van der Waals surface area contributed by atoms with Crippen LogP contribution in [0.4, 0.5) is 0 Å². The molecule has 0 saturated carbocycles. The number of thiophene rings is 1. The summed E-state index contributed by atoms with van der Waals surface area (Å²) in [6, 6.07) is 4.07. The number of halogens is 1. The quantitative estimate of drug-likeness (QED) is 0.642. The molecule has 1 heterocycles. The summed E-state index contributed by atoms with van der Waals surface area (Å²) in [5.41, 5.74) is 1.09. The van der Waals surface area contributed by atoms with Gasteiger partial charge >= 0.3 is 0 Å². The van der Waals surface area contributed by atoms with Crippen molar-refractivity contribution in [2.75, 3.05) is 0 Å². The van der Waals surface area contributed by atoms with Gasteiger partial charge in [0, 0.05) is 5.33 Å². The first kappa shape index (κ1) is 6.79. The van der Waals surface area contributed by atoms with Crippen molar-refractivity contribution in [1.29, 1.82) is 5.26 Å². The van der Waals surface area contributed by atoms with Crippen molar-refractivity contribution in [2.24, 2.45) is 0 Å². The number of rotatable bonds is 1. The Bertz CT molecular complexity index is 235. The normalized spacial score (nSPS) is 8.89. The van der Waals surface area contributed by atoms with E-state index >= 15 is 0 Å². The third kappa shape index (κ3) is 1.32. The van der Waals surface area contributed by atoms with E-state index in [0.717, 1.165) is 15.8 Å². The minimum atomic E-state index is 0.777. The second-order valence-electron chi connectivity index (χ2n) is 1.52. The molecule has 1 nitrogen and oxygen atoms in total. The van der Waals surface area contributed by atoms with Crippen LogP contribution in [0.1, 0.15) is 10.4 Å². The summed E-state index contributed by atoms with van der Waals surface area (Å²) < 4.78 is 0. The van der Waals surface area contributed by atoms with Gasteiger partial charge in [0.05, 0.1) is 0 Å². The van der Waals surface area contributed by atoms with Crippen LogP contribution in [0.2, 0.25) is 0 Å². The molecular formula is C6H4BrNS. The van der Waals surface area contributed by atoms with Gasteiger partial charge in [-0.15, -0.1) is 11.3 Å². The Morgan fingerprint density at radius 2 is 2.56 bits per heavy atom. The number of hydrogen-bond acceptors (Lipinski definition) is 2. The number of nitrogens with zero attached hydrogens (tertiary/aromatic N) is 1. The predicted molar refractivity (Wildman–Crippen MR) is 41.7 cm³/mol. The Morgan fingerprint density at radius 3 is 3.00 bits per heavy atom. The van der Waals surface area contributed by atoms with Gasteiger partial charge in [0.25, 0.3) is 0 Å². The van der Waals surface area contributed by atoms with Crippen LogP contribution >= 0.6 is 27.3 Å². The number of alkyl halides is 1. The number of nitriles is 1. The van der Waals surface area contributed by atoms with Crippen LogP contribution in [0.3, 0.4) is 0 Å². The number of hydrogen-bond donors (Lipinski definition) is 0. The van der Waals surface area contributed by atoms with Gasteiger partial charge in [-0.1, -0.05) is 15.9 Å². The highest BCUT2D eigenvalue weighted by molar-refractivity contribution is 9.08. The molecular weight excluding hydrogens is 198 g/mol.